The van der Waals surface area contributed by atoms with E-state index in [1.54, 1.807) is 60.7 Å². The van der Waals surface area contributed by atoms with Crippen LogP contribution >= 0.6 is 0 Å². The monoisotopic (exact) mass is 1830 g/mol. The zero-order valence-corrected chi connectivity index (χ0v) is 76.7. The molecule has 0 radical (unpaired) electrons. The molecular weight excluding hydrogens is 1720 g/mol. The van der Waals surface area contributed by atoms with Crippen molar-refractivity contribution in [1.29, 1.82) is 21.0 Å². The lowest BCUT2D eigenvalue weighted by molar-refractivity contribution is -0.129. The van der Waals surface area contributed by atoms with E-state index in [1.165, 1.54) is 30.5 Å². The van der Waals surface area contributed by atoms with E-state index in [0.29, 0.717) is 126 Å². The van der Waals surface area contributed by atoms with E-state index in [2.05, 4.69) is 175 Å². The second-order valence-electron chi connectivity index (χ2n) is 34.3. The average Bonchev–Trinajstić information content (AvgIpc) is 1.58. The number of anilines is 12. The van der Waals surface area contributed by atoms with E-state index in [1.807, 2.05) is 109 Å². The number of aromatic nitrogens is 11. The zero-order valence-electron chi connectivity index (χ0n) is 76.7. The number of likely N-dealkylation sites (N-methyl/N-ethyl adjacent to an activating group) is 1. The third-order valence-corrected chi connectivity index (χ3v) is 25.0. The van der Waals surface area contributed by atoms with Gasteiger partial charge in [-0.3, -0.25) is 14.4 Å². The maximum atomic E-state index is 11.6. The maximum Gasteiger partial charge on any atom is 0.230 e. The van der Waals surface area contributed by atoms with Crippen molar-refractivity contribution in [1.82, 2.24) is 69.3 Å². The highest BCUT2D eigenvalue weighted by Gasteiger charge is 2.31. The van der Waals surface area contributed by atoms with E-state index in [-0.39, 0.29) is 24.2 Å². The van der Waals surface area contributed by atoms with Crippen molar-refractivity contribution < 1.29 is 38.0 Å². The van der Waals surface area contributed by atoms with Gasteiger partial charge in [0, 0.05) is 225 Å². The van der Waals surface area contributed by atoms with Crippen LogP contribution in [0.5, 0.6) is 17.2 Å². The first kappa shape index (κ1) is 92.8. The maximum absolute atomic E-state index is 11.6. The van der Waals surface area contributed by atoms with Crippen LogP contribution in [0.4, 0.5) is 68.9 Å². The fourth-order valence-electron chi connectivity index (χ4n) is 17.1. The third-order valence-electron chi connectivity index (χ3n) is 25.0. The van der Waals surface area contributed by atoms with Gasteiger partial charge >= 0.3 is 0 Å². The minimum absolute atomic E-state index is 0.0621. The molecule has 136 heavy (non-hydrogen) atoms. The highest BCUT2D eigenvalue weighted by Crippen LogP contribution is 2.36. The van der Waals surface area contributed by atoms with Crippen LogP contribution in [0.15, 0.2) is 201 Å². The van der Waals surface area contributed by atoms with Gasteiger partial charge in [-0.1, -0.05) is 0 Å². The molecule has 0 aliphatic carbocycles. The summed E-state index contributed by atoms with van der Waals surface area (Å²) in [7, 11) is 4.01. The Morgan fingerprint density at radius 2 is 0.772 bits per heavy atom. The second-order valence-corrected chi connectivity index (χ2v) is 34.3. The average molecular weight is 1830 g/mol. The van der Waals surface area contributed by atoms with E-state index >= 15 is 0 Å². The lowest BCUT2D eigenvalue weighted by Crippen LogP contribution is -2.56. The first-order valence-corrected chi connectivity index (χ1v) is 46.5. The van der Waals surface area contributed by atoms with Crippen LogP contribution in [0.2, 0.25) is 0 Å². The van der Waals surface area contributed by atoms with Gasteiger partial charge in [0.2, 0.25) is 11.9 Å². The van der Waals surface area contributed by atoms with Crippen LogP contribution in [-0.4, -0.2) is 251 Å². The van der Waals surface area contributed by atoms with Crippen LogP contribution in [0.3, 0.4) is 0 Å². The number of piperazine rings is 3. The Hall–Kier alpha value is -15.0. The summed E-state index contributed by atoms with van der Waals surface area (Å²) in [5.74, 6) is 6.52. The van der Waals surface area contributed by atoms with Gasteiger partial charge < -0.3 is 83.8 Å². The van der Waals surface area contributed by atoms with Crippen molar-refractivity contribution in [3.05, 3.63) is 223 Å². The summed E-state index contributed by atoms with van der Waals surface area (Å²) in [5, 5.41) is 56.0. The quantitative estimate of drug-likeness (QED) is 0.0462. The molecule has 8 aliphatic heterocycles. The standard InChI is InChI=1S/C28H31N7O.C28H30N6O3.C26H29N7O2.C20H20N6O2/c29-18-22-17-21(3-8-26(22)35-11-1-2-12-35)28-30-10-9-27(32-28)31-23-4-6-24(7-5-23)33-13-15-34(16-14-33)25-19-36-20-25;1-20(35)33-12-14-34(15-13-33)24-5-3-23(4-6-24)31-27-8-11-30-28(32-27)21-2-7-26(22(18-21)19-29)37-25-9-16-36-17-10-25;1-32-10-12-33(13-11-32)22-5-3-21(4-6-22)30-26-29-18-28-25(31-26)19-2-7-24(20(16-19)17-27)35-23-8-14-34-15-9-23;1-26-13-16(12-23-26)24-19-4-7-22-20(25-19)14-2-3-18(15(10-14)11-21)28-17-5-8-27-9-6-17/h3-10,17,25H,1-2,11-16,19-20H2,(H,30,31,32);2-8,11,18,25H,9-10,12-17H2,1H3,(H,30,31,32);2-7,16,18,23H,8-15H2,1H3,(H,28,29,30,31);2-4,7,10,12-13,17H,5-6,8-9H2,1H3,(H,22,24,25). The van der Waals surface area contributed by atoms with Gasteiger partial charge in [0.25, 0.3) is 0 Å². The molecule has 12 aromatic rings. The fraction of sp³-hybridized carbons (Fsp3) is 0.363. The Morgan fingerprint density at radius 3 is 1.16 bits per heavy atom. The number of ether oxygens (including phenoxy) is 7. The number of rotatable bonds is 23. The number of nitrogens with zero attached hydrogens (tertiary/aromatic N) is 22. The largest absolute Gasteiger partial charge is 0.489 e. The number of hydrogen-bond acceptors (Lipinski definition) is 32. The van der Waals surface area contributed by atoms with Crippen molar-refractivity contribution in [3.63, 3.8) is 0 Å². The highest BCUT2D eigenvalue weighted by atomic mass is 16.5. The fourth-order valence-corrected chi connectivity index (χ4v) is 17.1. The Balaban J connectivity index is 0.000000126. The molecule has 7 aromatic carbocycles. The van der Waals surface area contributed by atoms with Gasteiger partial charge in [-0.25, -0.2) is 39.9 Å². The SMILES string of the molecule is CC(=O)N1CCN(c2ccc(Nc3ccnc(-c4ccc(OC5CCOCC5)c(C#N)c4)n3)cc2)CC1.CN1CCN(c2ccc(Nc3ncnc(-c4ccc(OC5CCOCC5)c(C#N)c4)n3)cc2)CC1.Cn1cc(Nc2ccnc(-c3ccc(OC4CCOCC4)c(C#N)c3)n2)cn1.N#Cc1cc(-c2nccc(Nc3ccc(N4CCN(C5COC5)CC4)cc3)n2)ccc1N1CCCC1. The van der Waals surface area contributed by atoms with Crippen molar-refractivity contribution in [2.24, 2.45) is 7.05 Å². The smallest absolute Gasteiger partial charge is 0.230 e. The third kappa shape index (κ3) is 24.7. The minimum Gasteiger partial charge on any atom is -0.489 e. The van der Waals surface area contributed by atoms with Crippen LogP contribution in [0, 0.1) is 45.3 Å². The predicted molar refractivity (Wildman–Crippen MR) is 520 cm³/mol. The number of hydrogen-bond donors (Lipinski definition) is 4. The first-order valence-electron chi connectivity index (χ1n) is 46.5. The number of benzene rings is 7. The summed E-state index contributed by atoms with van der Waals surface area (Å²) >= 11 is 0. The molecular formula is C102H110N26O8. The summed E-state index contributed by atoms with van der Waals surface area (Å²) in [5.41, 5.74) is 13.4. The van der Waals surface area contributed by atoms with Gasteiger partial charge in [-0.2, -0.15) is 31.1 Å². The molecule has 4 N–H and O–H groups in total. The number of carbonyl (C=O) groups excluding carboxylic acids is 1. The number of carbonyl (C=O) groups is 1. The van der Waals surface area contributed by atoms with Gasteiger partial charge in [0.15, 0.2) is 23.3 Å². The summed E-state index contributed by atoms with van der Waals surface area (Å²) in [4.78, 5) is 68.0. The number of amides is 1. The molecule has 8 aliphatic rings. The lowest BCUT2D eigenvalue weighted by atomic mass is 10.1. The minimum atomic E-state index is 0.0621. The molecule has 34 nitrogen and oxygen atoms in total. The van der Waals surface area contributed by atoms with Gasteiger partial charge in [0.05, 0.1) is 98.7 Å². The molecule has 5 aromatic heterocycles. The Bertz CT molecular complexity index is 6190. The van der Waals surface area contributed by atoms with Gasteiger partial charge in [0.1, 0.15) is 83.6 Å². The van der Waals surface area contributed by atoms with Crippen molar-refractivity contribution >= 4 is 74.8 Å². The van der Waals surface area contributed by atoms with Crippen LogP contribution < -0.4 is 55.1 Å². The number of nitriles is 4. The lowest BCUT2D eigenvalue weighted by Gasteiger charge is -2.43. The summed E-state index contributed by atoms with van der Waals surface area (Å²) in [6.45, 7) is 21.1. The molecule has 1 amide bonds. The van der Waals surface area contributed by atoms with Crippen molar-refractivity contribution in [3.8, 4) is 87.1 Å². The predicted octanol–water partition coefficient (Wildman–Crippen LogP) is 14.4. The number of aryl methyl sites for hydroxylation is 1. The number of nitrogens with one attached hydrogen (secondary N) is 4. The summed E-state index contributed by atoms with van der Waals surface area (Å²) in [6.07, 6.45) is 17.7. The van der Waals surface area contributed by atoms with E-state index in [9.17, 15) is 25.8 Å². The Labute approximate surface area is 791 Å². The van der Waals surface area contributed by atoms with Gasteiger partial charge in [-0.15, -0.1) is 0 Å². The topological polar surface area (TPSA) is 381 Å². The molecule has 8 fully saturated rings. The van der Waals surface area contributed by atoms with Gasteiger partial charge in [-0.05, 0) is 184 Å². The van der Waals surface area contributed by atoms with E-state index in [0.717, 1.165) is 206 Å². The molecule has 696 valence electrons. The van der Waals surface area contributed by atoms with E-state index in [4.69, 9.17) is 38.1 Å². The summed E-state index contributed by atoms with van der Waals surface area (Å²) < 4.78 is 41.3. The molecule has 8 saturated heterocycles. The second kappa shape index (κ2) is 45.6. The molecule has 34 heteroatoms. The van der Waals surface area contributed by atoms with Crippen LogP contribution in [0.25, 0.3) is 45.6 Å². The van der Waals surface area contributed by atoms with E-state index < -0.39 is 0 Å². The molecule has 0 spiro atoms. The molecule has 20 rings (SSSR count). The first-order chi connectivity index (χ1) is 66.7. The molecule has 0 unspecified atom stereocenters. The highest BCUT2D eigenvalue weighted by molar-refractivity contribution is 5.75. The molecule has 0 bridgehead atoms. The van der Waals surface area contributed by atoms with Crippen LogP contribution in [-0.2, 0) is 30.8 Å². The Kier molecular flexibility index (Phi) is 31.1. The summed E-state index contributed by atoms with van der Waals surface area (Å²) in [6, 6.07) is 62.5. The molecule has 13 heterocycles. The normalized spacial score (nSPS) is 16.7. The van der Waals surface area contributed by atoms with Crippen LogP contribution in [0.1, 0.15) is 80.5 Å². The molecule has 0 saturated carbocycles. The Morgan fingerprint density at radius 1 is 0.390 bits per heavy atom. The zero-order chi connectivity index (χ0) is 93.3. The molecule has 0 atom stereocenters. The van der Waals surface area contributed by atoms with Crippen molar-refractivity contribution in [2.45, 2.75) is 82.6 Å². The van der Waals surface area contributed by atoms with Crippen molar-refractivity contribution in [2.75, 3.05) is 192 Å².